The van der Waals surface area contributed by atoms with E-state index in [4.69, 9.17) is 4.42 Å². The molecule has 2 nitrogen and oxygen atoms in total. The first-order valence-corrected chi connectivity index (χ1v) is 19.5. The number of hydrogen-bond donors (Lipinski definition) is 0. The van der Waals surface area contributed by atoms with Crippen LogP contribution < -0.4 is 4.90 Å². The molecule has 9 aromatic carbocycles. The first-order valence-electron chi connectivity index (χ1n) is 18.7. The fourth-order valence-electron chi connectivity index (χ4n) is 8.22. The monoisotopic (exact) mass is 719 g/mol. The van der Waals surface area contributed by atoms with Gasteiger partial charge in [-0.25, -0.2) is 0 Å². The van der Waals surface area contributed by atoms with E-state index in [2.05, 4.69) is 205 Å². The van der Waals surface area contributed by atoms with E-state index in [9.17, 15) is 0 Å². The van der Waals surface area contributed by atoms with Gasteiger partial charge in [-0.2, -0.15) is 0 Å². The van der Waals surface area contributed by atoms with E-state index in [-0.39, 0.29) is 0 Å². The molecular weight excluding hydrogens is 687 g/mol. The Labute approximate surface area is 322 Å². The van der Waals surface area contributed by atoms with Crippen LogP contribution in [0.1, 0.15) is 0 Å². The highest BCUT2D eigenvalue weighted by Gasteiger charge is 2.18. The fourth-order valence-corrected chi connectivity index (χ4v) is 9.33. The molecule has 258 valence electrons. The summed E-state index contributed by atoms with van der Waals surface area (Å²) in [5.41, 5.74) is 12.2. The molecule has 0 aliphatic carbocycles. The van der Waals surface area contributed by atoms with Crippen LogP contribution in [0.25, 0.3) is 86.3 Å². The third kappa shape index (κ3) is 5.40. The molecule has 0 atom stereocenters. The van der Waals surface area contributed by atoms with E-state index in [0.717, 1.165) is 44.7 Å². The summed E-state index contributed by atoms with van der Waals surface area (Å²) >= 11 is 1.86. The normalized spacial score (nSPS) is 11.6. The van der Waals surface area contributed by atoms with Crippen LogP contribution >= 0.6 is 11.3 Å². The molecule has 0 saturated carbocycles. The lowest BCUT2D eigenvalue weighted by molar-refractivity contribution is 0.669. The molecule has 0 aliphatic rings. The Morgan fingerprint density at radius 2 is 0.891 bits per heavy atom. The molecule has 11 aromatic rings. The Morgan fingerprint density at radius 1 is 0.327 bits per heavy atom. The number of thiophene rings is 1. The van der Waals surface area contributed by atoms with Gasteiger partial charge < -0.3 is 9.32 Å². The van der Waals surface area contributed by atoms with Gasteiger partial charge in [-0.05, 0) is 105 Å². The Balaban J connectivity index is 1.06. The molecule has 0 unspecified atom stereocenters. The minimum absolute atomic E-state index is 0.901. The minimum Gasteiger partial charge on any atom is -0.456 e. The van der Waals surface area contributed by atoms with E-state index in [1.54, 1.807) is 0 Å². The fraction of sp³-hybridized carbons (Fsp3) is 0. The van der Waals surface area contributed by atoms with Crippen molar-refractivity contribution >= 4 is 81.3 Å². The predicted octanol–water partition coefficient (Wildman–Crippen LogP) is 15.6. The van der Waals surface area contributed by atoms with Crippen molar-refractivity contribution < 1.29 is 4.42 Å². The number of rotatable bonds is 6. The molecular formula is C52H33NOS. The highest BCUT2D eigenvalue weighted by molar-refractivity contribution is 7.26. The predicted molar refractivity (Wildman–Crippen MR) is 235 cm³/mol. The molecule has 3 heteroatoms. The third-order valence-electron chi connectivity index (χ3n) is 10.9. The van der Waals surface area contributed by atoms with E-state index in [1.807, 2.05) is 11.3 Å². The van der Waals surface area contributed by atoms with Crippen LogP contribution in [-0.2, 0) is 0 Å². The number of furan rings is 1. The van der Waals surface area contributed by atoms with Gasteiger partial charge in [0.25, 0.3) is 0 Å². The number of hydrogen-bond acceptors (Lipinski definition) is 3. The second kappa shape index (κ2) is 12.9. The maximum Gasteiger partial charge on any atom is 0.136 e. The number of benzene rings is 9. The van der Waals surface area contributed by atoms with E-state index in [1.165, 1.54) is 58.6 Å². The van der Waals surface area contributed by atoms with Crippen LogP contribution in [0, 0.1) is 0 Å². The molecule has 55 heavy (non-hydrogen) atoms. The molecule has 0 amide bonds. The molecule has 2 aromatic heterocycles. The zero-order valence-electron chi connectivity index (χ0n) is 29.8. The van der Waals surface area contributed by atoms with Gasteiger partial charge in [-0.1, -0.05) is 133 Å². The average molecular weight is 720 g/mol. The van der Waals surface area contributed by atoms with Crippen molar-refractivity contribution in [2.24, 2.45) is 0 Å². The summed E-state index contributed by atoms with van der Waals surface area (Å²) in [5.74, 6) is 0. The van der Waals surface area contributed by atoms with Crippen molar-refractivity contribution in [3.8, 4) is 33.4 Å². The van der Waals surface area contributed by atoms with E-state index >= 15 is 0 Å². The van der Waals surface area contributed by atoms with Gasteiger partial charge in [0.15, 0.2) is 0 Å². The minimum atomic E-state index is 0.901. The lowest BCUT2D eigenvalue weighted by Crippen LogP contribution is -2.10. The largest absolute Gasteiger partial charge is 0.456 e. The van der Waals surface area contributed by atoms with Crippen LogP contribution in [-0.4, -0.2) is 0 Å². The highest BCUT2D eigenvalue weighted by Crippen LogP contribution is 2.45. The van der Waals surface area contributed by atoms with Gasteiger partial charge in [-0.15, -0.1) is 11.3 Å². The lowest BCUT2D eigenvalue weighted by Gasteiger charge is -2.26. The van der Waals surface area contributed by atoms with Crippen LogP contribution in [0.2, 0.25) is 0 Å². The average Bonchev–Trinajstić information content (AvgIpc) is 3.83. The Bertz CT molecular complexity index is 3090. The number of fused-ring (bicyclic) bond motifs is 9. The van der Waals surface area contributed by atoms with Crippen LogP contribution in [0.3, 0.4) is 0 Å². The summed E-state index contributed by atoms with van der Waals surface area (Å²) in [6, 6.07) is 72.0. The SMILES string of the molecule is c1ccc(-c2ccc(N(c3ccc(-c4ccccc4)cc3)c3cccc(-c4ccc5oc6ccc7ccc8sc9ccccc9c8c7c6c5c4)c3)cc2)cc1. The van der Waals surface area contributed by atoms with Gasteiger partial charge in [0.1, 0.15) is 11.2 Å². The molecule has 0 bridgehead atoms. The summed E-state index contributed by atoms with van der Waals surface area (Å²) in [6.45, 7) is 0. The Hall–Kier alpha value is -6.94. The maximum absolute atomic E-state index is 6.54. The van der Waals surface area contributed by atoms with Crippen molar-refractivity contribution in [2.45, 2.75) is 0 Å². The third-order valence-corrected chi connectivity index (χ3v) is 12.0. The summed E-state index contributed by atoms with van der Waals surface area (Å²) < 4.78 is 9.15. The lowest BCUT2D eigenvalue weighted by atomic mass is 9.97. The second-order valence-electron chi connectivity index (χ2n) is 14.1. The molecule has 0 radical (unpaired) electrons. The van der Waals surface area contributed by atoms with E-state index in [0.29, 0.717) is 0 Å². The van der Waals surface area contributed by atoms with Crippen molar-refractivity contribution in [1.29, 1.82) is 0 Å². The highest BCUT2D eigenvalue weighted by atomic mass is 32.1. The summed E-state index contributed by atoms with van der Waals surface area (Å²) in [4.78, 5) is 2.35. The van der Waals surface area contributed by atoms with Gasteiger partial charge in [0, 0.05) is 53.4 Å². The molecule has 11 rings (SSSR count). The van der Waals surface area contributed by atoms with Crippen molar-refractivity contribution in [3.05, 3.63) is 200 Å². The summed E-state index contributed by atoms with van der Waals surface area (Å²) in [5, 5.41) is 7.42. The smallest absolute Gasteiger partial charge is 0.136 e. The standard InChI is InChI=1S/C52H33NOS/c1-3-10-34(11-4-1)36-18-25-41(26-19-36)53(42-27-20-37(21-28-42)35-12-5-2-6-13-35)43-15-9-14-39(32-43)40-23-29-46-45(33-40)51-47(54-46)30-22-38-24-31-49-52(50(38)51)44-16-7-8-17-48(44)55-49/h1-33H. The van der Waals surface area contributed by atoms with Crippen LogP contribution in [0.5, 0.6) is 0 Å². The molecule has 0 N–H and O–H groups in total. The van der Waals surface area contributed by atoms with Gasteiger partial charge in [-0.3, -0.25) is 0 Å². The Kier molecular flexibility index (Phi) is 7.39. The molecule has 0 saturated heterocycles. The zero-order valence-corrected chi connectivity index (χ0v) is 30.6. The van der Waals surface area contributed by atoms with Crippen molar-refractivity contribution in [3.63, 3.8) is 0 Å². The van der Waals surface area contributed by atoms with Crippen LogP contribution in [0.15, 0.2) is 205 Å². The topological polar surface area (TPSA) is 16.4 Å². The van der Waals surface area contributed by atoms with Gasteiger partial charge >= 0.3 is 0 Å². The number of nitrogens with zero attached hydrogens (tertiary/aromatic N) is 1. The van der Waals surface area contributed by atoms with Crippen molar-refractivity contribution in [1.82, 2.24) is 0 Å². The first kappa shape index (κ1) is 31.6. The molecule has 2 heterocycles. The molecule has 0 aliphatic heterocycles. The molecule has 0 spiro atoms. The van der Waals surface area contributed by atoms with E-state index < -0.39 is 0 Å². The maximum atomic E-state index is 6.54. The second-order valence-corrected chi connectivity index (χ2v) is 15.2. The van der Waals surface area contributed by atoms with Crippen LogP contribution in [0.4, 0.5) is 17.1 Å². The Morgan fingerprint density at radius 3 is 1.60 bits per heavy atom. The quantitative estimate of drug-likeness (QED) is 0.170. The summed E-state index contributed by atoms with van der Waals surface area (Å²) in [6.07, 6.45) is 0. The summed E-state index contributed by atoms with van der Waals surface area (Å²) in [7, 11) is 0. The van der Waals surface area contributed by atoms with Gasteiger partial charge in [0.05, 0.1) is 0 Å². The molecule has 0 fully saturated rings. The van der Waals surface area contributed by atoms with Gasteiger partial charge in [0.2, 0.25) is 0 Å². The first-order chi connectivity index (χ1) is 27.2. The number of anilines is 3. The zero-order chi connectivity index (χ0) is 36.3. The van der Waals surface area contributed by atoms with Crippen molar-refractivity contribution in [2.75, 3.05) is 4.90 Å².